The van der Waals surface area contributed by atoms with Gasteiger partial charge in [0.15, 0.2) is 0 Å². The number of carbonyl (C=O) groups is 2. The Bertz CT molecular complexity index is 523. The quantitative estimate of drug-likeness (QED) is 0.579. The lowest BCUT2D eigenvalue weighted by Crippen LogP contribution is -2.49. The van der Waals surface area contributed by atoms with Crippen LogP contribution in [-0.2, 0) is 14.0 Å². The summed E-state index contributed by atoms with van der Waals surface area (Å²) in [6.07, 6.45) is 4.04. The molecule has 1 heterocycles. The van der Waals surface area contributed by atoms with Crippen LogP contribution in [0, 0.1) is 5.41 Å². The van der Waals surface area contributed by atoms with Crippen molar-refractivity contribution in [2.24, 2.45) is 5.41 Å². The summed E-state index contributed by atoms with van der Waals surface area (Å²) in [5.41, 5.74) is -0.580. The Hall–Kier alpha value is -1.30. The van der Waals surface area contributed by atoms with Gasteiger partial charge in [-0.3, -0.25) is 4.90 Å². The predicted molar refractivity (Wildman–Crippen MR) is 91.6 cm³/mol. The van der Waals surface area contributed by atoms with Gasteiger partial charge in [0.2, 0.25) is 8.32 Å². The van der Waals surface area contributed by atoms with Crippen LogP contribution in [0.2, 0.25) is 18.1 Å². The number of hydrogen-bond acceptors (Lipinski definition) is 4. The van der Waals surface area contributed by atoms with Crippen molar-refractivity contribution >= 4 is 20.7 Å². The molecule has 2 atom stereocenters. The highest BCUT2D eigenvalue weighted by Crippen LogP contribution is 2.42. The standard InChI is InChI=1S/C17H29NO4Si/c1-16(2,3)23(5,6)22-13-7-8-17(4,12-19)14(11-13)18-9-10-21-15(18)20/h11-12,14H,7-10H2,1-6H3/t14-,17-/m0/s1. The third kappa shape index (κ3) is 3.46. The number of hydrogen-bond donors (Lipinski definition) is 0. The average Bonchev–Trinajstić information content (AvgIpc) is 2.85. The number of nitrogens with zero attached hydrogens (tertiary/aromatic N) is 1. The SMILES string of the molecule is CC(C)(C)[Si](C)(C)OC1=C[C@H](N2CCOC2=O)[C@](C)(C=O)CC1. The highest BCUT2D eigenvalue weighted by Gasteiger charge is 2.46. The van der Waals surface area contributed by atoms with Crippen LogP contribution >= 0.6 is 0 Å². The van der Waals surface area contributed by atoms with Gasteiger partial charge in [-0.25, -0.2) is 4.79 Å². The second-order valence-electron chi connectivity index (χ2n) is 8.37. The van der Waals surface area contributed by atoms with Gasteiger partial charge in [-0.1, -0.05) is 27.7 Å². The first kappa shape index (κ1) is 18.0. The molecule has 1 aliphatic heterocycles. The lowest BCUT2D eigenvalue weighted by Gasteiger charge is -2.43. The number of carbonyl (C=O) groups excluding carboxylic acids is 2. The van der Waals surface area contributed by atoms with E-state index in [0.717, 1.165) is 18.5 Å². The lowest BCUT2D eigenvalue weighted by atomic mass is 9.75. The fraction of sp³-hybridized carbons (Fsp3) is 0.765. The first-order valence-corrected chi connectivity index (χ1v) is 11.2. The molecule has 0 spiro atoms. The Kier molecular flexibility index (Phi) is 4.68. The number of ether oxygens (including phenoxy) is 1. The third-order valence-corrected chi connectivity index (χ3v) is 9.90. The normalized spacial score (nSPS) is 29.1. The van der Waals surface area contributed by atoms with Gasteiger partial charge in [-0.15, -0.1) is 0 Å². The number of cyclic esters (lactones) is 1. The summed E-state index contributed by atoms with van der Waals surface area (Å²) in [4.78, 5) is 25.3. The van der Waals surface area contributed by atoms with Crippen LogP contribution < -0.4 is 0 Å². The van der Waals surface area contributed by atoms with Crippen LogP contribution in [0.5, 0.6) is 0 Å². The molecule has 130 valence electrons. The van der Waals surface area contributed by atoms with E-state index >= 15 is 0 Å². The fourth-order valence-electron chi connectivity index (χ4n) is 2.79. The van der Waals surface area contributed by atoms with Crippen LogP contribution in [0.25, 0.3) is 0 Å². The molecule has 2 rings (SSSR count). The maximum Gasteiger partial charge on any atom is 0.410 e. The summed E-state index contributed by atoms with van der Waals surface area (Å²) >= 11 is 0. The van der Waals surface area contributed by atoms with Gasteiger partial charge in [0.05, 0.1) is 18.3 Å². The summed E-state index contributed by atoms with van der Waals surface area (Å²) < 4.78 is 11.5. The fourth-order valence-corrected chi connectivity index (χ4v) is 3.92. The number of rotatable bonds is 4. The molecule has 0 bridgehead atoms. The Morgan fingerprint density at radius 1 is 1.43 bits per heavy atom. The summed E-state index contributed by atoms with van der Waals surface area (Å²) in [6, 6.07) is -0.288. The highest BCUT2D eigenvalue weighted by molar-refractivity contribution is 6.74. The van der Waals surface area contributed by atoms with Gasteiger partial charge >= 0.3 is 6.09 Å². The second kappa shape index (κ2) is 5.96. The molecule has 5 nitrogen and oxygen atoms in total. The average molecular weight is 340 g/mol. The summed E-state index contributed by atoms with van der Waals surface area (Å²) in [5, 5.41) is 0.112. The minimum Gasteiger partial charge on any atom is -0.547 e. The Morgan fingerprint density at radius 3 is 2.57 bits per heavy atom. The molecule has 1 saturated heterocycles. The van der Waals surface area contributed by atoms with E-state index in [2.05, 4.69) is 33.9 Å². The van der Waals surface area contributed by atoms with Crippen molar-refractivity contribution in [3.8, 4) is 0 Å². The van der Waals surface area contributed by atoms with Gasteiger partial charge in [0.25, 0.3) is 0 Å². The summed E-state index contributed by atoms with van der Waals surface area (Å²) in [5.74, 6) is 0.917. The molecule has 6 heteroatoms. The van der Waals surface area contributed by atoms with Gasteiger partial charge in [-0.2, -0.15) is 0 Å². The molecule has 1 amide bonds. The van der Waals surface area contributed by atoms with E-state index in [1.54, 1.807) is 4.90 Å². The smallest absolute Gasteiger partial charge is 0.410 e. The maximum atomic E-state index is 12.0. The zero-order valence-corrected chi connectivity index (χ0v) is 16.1. The lowest BCUT2D eigenvalue weighted by molar-refractivity contribution is -0.118. The molecular weight excluding hydrogens is 310 g/mol. The molecule has 0 aromatic rings. The third-order valence-electron chi connectivity index (χ3n) is 5.52. The number of amides is 1. The predicted octanol–water partition coefficient (Wildman–Crippen LogP) is 3.71. The van der Waals surface area contributed by atoms with Crippen LogP contribution in [0.4, 0.5) is 4.79 Å². The molecule has 0 aromatic carbocycles. The second-order valence-corrected chi connectivity index (χ2v) is 13.1. The van der Waals surface area contributed by atoms with Gasteiger partial charge in [-0.05, 0) is 30.6 Å². The van der Waals surface area contributed by atoms with Crippen LogP contribution in [0.3, 0.4) is 0 Å². The molecular formula is C17H29NO4Si. The zero-order chi connectivity index (χ0) is 17.5. The molecule has 1 aliphatic carbocycles. The number of allylic oxidation sites excluding steroid dienone is 1. The maximum absolute atomic E-state index is 12.0. The number of aldehydes is 1. The van der Waals surface area contributed by atoms with E-state index in [1.165, 1.54) is 0 Å². The highest BCUT2D eigenvalue weighted by atomic mass is 28.4. The van der Waals surface area contributed by atoms with Crippen molar-refractivity contribution in [1.29, 1.82) is 0 Å². The van der Waals surface area contributed by atoms with E-state index in [9.17, 15) is 9.59 Å². The van der Waals surface area contributed by atoms with E-state index in [4.69, 9.17) is 9.16 Å². The molecule has 0 saturated carbocycles. The van der Waals surface area contributed by atoms with E-state index in [-0.39, 0.29) is 17.2 Å². The van der Waals surface area contributed by atoms with E-state index in [0.29, 0.717) is 19.6 Å². The molecule has 2 aliphatic rings. The monoisotopic (exact) mass is 339 g/mol. The van der Waals surface area contributed by atoms with E-state index in [1.807, 2.05) is 13.0 Å². The zero-order valence-electron chi connectivity index (χ0n) is 15.1. The summed E-state index contributed by atoms with van der Waals surface area (Å²) in [7, 11) is -1.93. The molecule has 0 unspecified atom stereocenters. The van der Waals surface area contributed by atoms with Crippen LogP contribution in [-0.4, -0.2) is 44.8 Å². The Labute approximate surface area is 140 Å². The molecule has 0 N–H and O–H groups in total. The molecule has 1 fully saturated rings. The topological polar surface area (TPSA) is 55.8 Å². The first-order valence-electron chi connectivity index (χ1n) is 8.30. The van der Waals surface area contributed by atoms with Gasteiger partial charge < -0.3 is 14.0 Å². The molecule has 23 heavy (non-hydrogen) atoms. The molecule has 0 aromatic heterocycles. The van der Waals surface area contributed by atoms with E-state index < -0.39 is 13.7 Å². The Morgan fingerprint density at radius 2 is 2.09 bits per heavy atom. The Balaban J connectivity index is 2.29. The van der Waals surface area contributed by atoms with Crippen molar-refractivity contribution in [2.45, 2.75) is 64.7 Å². The minimum atomic E-state index is -1.93. The van der Waals surface area contributed by atoms with Gasteiger partial charge in [0, 0.05) is 11.8 Å². The van der Waals surface area contributed by atoms with Crippen LogP contribution in [0.15, 0.2) is 11.8 Å². The minimum absolute atomic E-state index is 0.112. The van der Waals surface area contributed by atoms with Crippen molar-refractivity contribution in [3.05, 3.63) is 11.8 Å². The van der Waals surface area contributed by atoms with Crippen LogP contribution in [0.1, 0.15) is 40.5 Å². The van der Waals surface area contributed by atoms with Crippen molar-refractivity contribution in [2.75, 3.05) is 13.2 Å². The van der Waals surface area contributed by atoms with Crippen molar-refractivity contribution < 1.29 is 18.8 Å². The largest absolute Gasteiger partial charge is 0.547 e. The van der Waals surface area contributed by atoms with Crippen molar-refractivity contribution in [3.63, 3.8) is 0 Å². The van der Waals surface area contributed by atoms with Gasteiger partial charge in [0.1, 0.15) is 12.9 Å². The molecule has 0 radical (unpaired) electrons. The van der Waals surface area contributed by atoms with Crippen molar-refractivity contribution in [1.82, 2.24) is 4.90 Å². The first-order chi connectivity index (χ1) is 10.5. The summed E-state index contributed by atoms with van der Waals surface area (Å²) in [6.45, 7) is 13.8.